The van der Waals surface area contributed by atoms with Gasteiger partial charge in [0, 0.05) is 10.7 Å². The van der Waals surface area contributed by atoms with Crippen molar-refractivity contribution >= 4 is 63.5 Å². The lowest BCUT2D eigenvalue weighted by Gasteiger charge is -2.14. The van der Waals surface area contributed by atoms with Gasteiger partial charge in [-0.15, -0.1) is 0 Å². The minimum atomic E-state index is -0.326. The fourth-order valence-corrected chi connectivity index (χ4v) is 3.87. The van der Waals surface area contributed by atoms with Crippen molar-refractivity contribution in [3.63, 3.8) is 0 Å². The van der Waals surface area contributed by atoms with E-state index in [2.05, 4.69) is 5.32 Å². The first-order valence-corrected chi connectivity index (χ1v) is 10.1. The molecule has 2 aromatic rings. The molecule has 28 heavy (non-hydrogen) atoms. The van der Waals surface area contributed by atoms with Crippen LogP contribution in [0.3, 0.4) is 0 Å². The van der Waals surface area contributed by atoms with E-state index in [1.54, 1.807) is 42.5 Å². The lowest BCUT2D eigenvalue weighted by molar-refractivity contribution is -0.126. The highest BCUT2D eigenvalue weighted by molar-refractivity contribution is 8.26. The first-order chi connectivity index (χ1) is 13.5. The molecule has 144 valence electrons. The van der Waals surface area contributed by atoms with E-state index in [1.807, 2.05) is 19.1 Å². The van der Waals surface area contributed by atoms with Crippen molar-refractivity contribution in [3.8, 4) is 5.75 Å². The summed E-state index contributed by atoms with van der Waals surface area (Å²) >= 11 is 12.3. The molecule has 2 aromatic carbocycles. The number of benzene rings is 2. The fourth-order valence-electron chi connectivity index (χ4n) is 2.49. The molecule has 1 N–H and O–H groups in total. The van der Waals surface area contributed by atoms with Gasteiger partial charge in [0.25, 0.3) is 5.91 Å². The number of hydrogen-bond donors (Lipinski definition) is 1. The summed E-state index contributed by atoms with van der Waals surface area (Å²) in [7, 11) is 0. The van der Waals surface area contributed by atoms with Crippen LogP contribution in [0.4, 0.5) is 5.69 Å². The van der Waals surface area contributed by atoms with Crippen LogP contribution in [0.25, 0.3) is 6.08 Å². The second-order valence-corrected chi connectivity index (χ2v) is 7.94. The van der Waals surface area contributed by atoms with Crippen LogP contribution in [0.1, 0.15) is 12.5 Å². The largest absolute Gasteiger partial charge is 0.494 e. The molecule has 1 aliphatic heterocycles. The van der Waals surface area contributed by atoms with Gasteiger partial charge in [0.1, 0.15) is 16.6 Å². The van der Waals surface area contributed by atoms with E-state index in [0.29, 0.717) is 26.5 Å². The molecule has 1 fully saturated rings. The number of thioether (sulfide) groups is 1. The predicted octanol–water partition coefficient (Wildman–Crippen LogP) is 4.58. The highest BCUT2D eigenvalue weighted by Crippen LogP contribution is 2.32. The van der Waals surface area contributed by atoms with Crippen molar-refractivity contribution in [2.24, 2.45) is 0 Å². The third-order valence-electron chi connectivity index (χ3n) is 3.79. The SMILES string of the molecule is CCOc1ccc(NC(=O)CN2C(=O)/C(=C/c3ccc(Cl)cc3)SC2=S)cc1. The Morgan fingerprint density at radius 2 is 1.89 bits per heavy atom. The molecule has 1 aliphatic rings. The van der Waals surface area contributed by atoms with Gasteiger partial charge in [-0.2, -0.15) is 0 Å². The van der Waals surface area contributed by atoms with E-state index in [1.165, 1.54) is 16.7 Å². The number of carbonyl (C=O) groups is 2. The maximum atomic E-state index is 12.6. The average Bonchev–Trinajstić information content (AvgIpc) is 2.93. The van der Waals surface area contributed by atoms with Crippen molar-refractivity contribution in [1.29, 1.82) is 0 Å². The van der Waals surface area contributed by atoms with Gasteiger partial charge in [0.05, 0.1) is 11.5 Å². The van der Waals surface area contributed by atoms with Crippen molar-refractivity contribution in [1.82, 2.24) is 4.90 Å². The molecule has 1 saturated heterocycles. The lowest BCUT2D eigenvalue weighted by Crippen LogP contribution is -2.36. The molecule has 0 radical (unpaired) electrons. The van der Waals surface area contributed by atoms with Crippen LogP contribution in [0, 0.1) is 0 Å². The summed E-state index contributed by atoms with van der Waals surface area (Å²) in [6, 6.07) is 14.2. The third-order valence-corrected chi connectivity index (χ3v) is 5.42. The van der Waals surface area contributed by atoms with Crippen LogP contribution in [-0.2, 0) is 9.59 Å². The number of rotatable bonds is 6. The van der Waals surface area contributed by atoms with E-state index >= 15 is 0 Å². The maximum absolute atomic E-state index is 12.6. The number of halogens is 1. The number of nitrogens with zero attached hydrogens (tertiary/aromatic N) is 1. The molecule has 0 unspecified atom stereocenters. The van der Waals surface area contributed by atoms with Gasteiger partial charge >= 0.3 is 0 Å². The molecule has 0 atom stereocenters. The van der Waals surface area contributed by atoms with Crippen LogP contribution in [0.15, 0.2) is 53.4 Å². The average molecular weight is 433 g/mol. The van der Waals surface area contributed by atoms with Gasteiger partial charge in [-0.3, -0.25) is 14.5 Å². The molecule has 1 heterocycles. The second kappa shape index (κ2) is 9.23. The quantitative estimate of drug-likeness (QED) is 0.535. The first-order valence-electron chi connectivity index (χ1n) is 8.50. The summed E-state index contributed by atoms with van der Waals surface area (Å²) in [5.41, 5.74) is 1.46. The minimum Gasteiger partial charge on any atom is -0.494 e. The van der Waals surface area contributed by atoms with Crippen molar-refractivity contribution in [3.05, 3.63) is 64.0 Å². The number of nitrogens with one attached hydrogen (secondary N) is 1. The minimum absolute atomic E-state index is 0.143. The Morgan fingerprint density at radius 3 is 2.54 bits per heavy atom. The molecule has 0 saturated carbocycles. The van der Waals surface area contributed by atoms with E-state index in [9.17, 15) is 9.59 Å². The molecule has 3 rings (SSSR count). The highest BCUT2D eigenvalue weighted by atomic mass is 35.5. The predicted molar refractivity (Wildman–Crippen MR) is 118 cm³/mol. The Balaban J connectivity index is 1.63. The van der Waals surface area contributed by atoms with Crippen LogP contribution in [0.5, 0.6) is 5.75 Å². The Kier molecular flexibility index (Phi) is 6.72. The van der Waals surface area contributed by atoms with E-state index < -0.39 is 0 Å². The van der Waals surface area contributed by atoms with Gasteiger partial charge < -0.3 is 10.1 Å². The number of hydrogen-bond acceptors (Lipinski definition) is 5. The number of anilines is 1. The normalized spacial score (nSPS) is 15.2. The number of amides is 2. The number of thiocarbonyl (C=S) groups is 1. The Hall–Kier alpha value is -2.35. The fraction of sp³-hybridized carbons (Fsp3) is 0.150. The molecule has 0 aliphatic carbocycles. The van der Waals surface area contributed by atoms with Crippen molar-refractivity contribution in [2.45, 2.75) is 6.92 Å². The molecule has 0 aromatic heterocycles. The first kappa shape index (κ1) is 20.4. The van der Waals surface area contributed by atoms with E-state index in [0.717, 1.165) is 11.3 Å². The molecule has 5 nitrogen and oxygen atoms in total. The highest BCUT2D eigenvalue weighted by Gasteiger charge is 2.33. The molecule has 0 bridgehead atoms. The lowest BCUT2D eigenvalue weighted by atomic mass is 10.2. The Morgan fingerprint density at radius 1 is 1.21 bits per heavy atom. The van der Waals surface area contributed by atoms with Gasteiger partial charge in [-0.1, -0.05) is 47.7 Å². The summed E-state index contributed by atoms with van der Waals surface area (Å²) in [4.78, 5) is 26.7. The van der Waals surface area contributed by atoms with Gasteiger partial charge in [0.2, 0.25) is 5.91 Å². The van der Waals surface area contributed by atoms with Gasteiger partial charge in [-0.25, -0.2) is 0 Å². The smallest absolute Gasteiger partial charge is 0.266 e. The Labute approximate surface area is 177 Å². The molecular weight excluding hydrogens is 416 g/mol. The van der Waals surface area contributed by atoms with Gasteiger partial charge in [0.15, 0.2) is 0 Å². The van der Waals surface area contributed by atoms with Crippen molar-refractivity contribution < 1.29 is 14.3 Å². The standard InChI is InChI=1S/C20H17ClN2O3S2/c1-2-26-16-9-7-15(8-10-16)22-18(24)12-23-19(25)17(28-20(23)27)11-13-3-5-14(21)6-4-13/h3-11H,2,12H2,1H3,(H,22,24)/b17-11-. The summed E-state index contributed by atoms with van der Waals surface area (Å²) in [5, 5.41) is 3.38. The zero-order valence-electron chi connectivity index (χ0n) is 15.0. The second-order valence-electron chi connectivity index (χ2n) is 5.82. The third kappa shape index (κ3) is 5.13. The summed E-state index contributed by atoms with van der Waals surface area (Å²) < 4.78 is 5.72. The monoisotopic (exact) mass is 432 g/mol. The molecule has 8 heteroatoms. The zero-order chi connectivity index (χ0) is 20.1. The maximum Gasteiger partial charge on any atom is 0.266 e. The topological polar surface area (TPSA) is 58.6 Å². The van der Waals surface area contributed by atoms with E-state index in [-0.39, 0.29) is 18.4 Å². The summed E-state index contributed by atoms with van der Waals surface area (Å²) in [5.74, 6) is 0.116. The summed E-state index contributed by atoms with van der Waals surface area (Å²) in [6.45, 7) is 2.33. The number of carbonyl (C=O) groups excluding carboxylic acids is 2. The van der Waals surface area contributed by atoms with Crippen LogP contribution < -0.4 is 10.1 Å². The zero-order valence-corrected chi connectivity index (χ0v) is 17.4. The van der Waals surface area contributed by atoms with Crippen LogP contribution in [0.2, 0.25) is 5.02 Å². The van der Waals surface area contributed by atoms with Crippen molar-refractivity contribution in [2.75, 3.05) is 18.5 Å². The molecular formula is C20H17ClN2O3S2. The molecule has 0 spiro atoms. The van der Waals surface area contributed by atoms with Gasteiger partial charge in [-0.05, 0) is 55.0 Å². The van der Waals surface area contributed by atoms with Crippen LogP contribution in [-0.4, -0.2) is 34.2 Å². The summed E-state index contributed by atoms with van der Waals surface area (Å²) in [6.07, 6.45) is 1.74. The van der Waals surface area contributed by atoms with Crippen LogP contribution >= 0.6 is 35.6 Å². The Bertz CT molecular complexity index is 927. The molecule has 2 amide bonds. The number of ether oxygens (including phenoxy) is 1. The van der Waals surface area contributed by atoms with E-state index in [4.69, 9.17) is 28.6 Å².